The van der Waals surface area contributed by atoms with Gasteiger partial charge in [-0.1, -0.05) is 11.6 Å². The number of nitro groups is 1. The molecule has 0 aliphatic heterocycles. The van der Waals surface area contributed by atoms with Crippen LogP contribution in [0.5, 0.6) is 5.75 Å². The highest BCUT2D eigenvalue weighted by Crippen LogP contribution is 2.28. The van der Waals surface area contributed by atoms with E-state index in [9.17, 15) is 14.9 Å². The number of non-ortho nitro benzene ring substituents is 1. The predicted octanol–water partition coefficient (Wildman–Crippen LogP) is 0.830. The van der Waals surface area contributed by atoms with Gasteiger partial charge in [0.2, 0.25) is 5.91 Å². The van der Waals surface area contributed by atoms with Crippen molar-refractivity contribution in [1.82, 2.24) is 0 Å². The fraction of sp³-hybridized carbons (Fsp3) is 0.300. The molecule has 8 heteroatoms. The number of rotatable bonds is 5. The maximum absolute atomic E-state index is 11.0. The lowest BCUT2D eigenvalue weighted by molar-refractivity contribution is -0.384. The first kappa shape index (κ1) is 14.2. The Labute approximate surface area is 108 Å². The van der Waals surface area contributed by atoms with E-state index in [0.717, 1.165) is 6.07 Å². The molecule has 0 bridgehead atoms. The minimum atomic E-state index is -1.34. The van der Waals surface area contributed by atoms with Crippen LogP contribution < -0.4 is 16.2 Å². The Kier molecular flexibility index (Phi) is 4.10. The first-order chi connectivity index (χ1) is 8.24. The highest BCUT2D eigenvalue weighted by atomic mass is 35.5. The third kappa shape index (κ3) is 3.31. The number of nitrogens with zero attached hydrogens (tertiary/aromatic N) is 1. The number of ether oxygens (including phenoxy) is 1. The Morgan fingerprint density at radius 3 is 2.67 bits per heavy atom. The van der Waals surface area contributed by atoms with Gasteiger partial charge < -0.3 is 16.2 Å². The Hall–Kier alpha value is -1.86. The van der Waals surface area contributed by atoms with E-state index < -0.39 is 16.4 Å². The van der Waals surface area contributed by atoms with Gasteiger partial charge in [0.05, 0.1) is 9.95 Å². The van der Waals surface area contributed by atoms with Gasteiger partial charge in [0, 0.05) is 12.1 Å². The SMILES string of the molecule is CC(N)(COc1ccc([N+](=O)[O-])cc1Cl)C(N)=O. The summed E-state index contributed by atoms with van der Waals surface area (Å²) in [7, 11) is 0. The van der Waals surface area contributed by atoms with E-state index in [-0.39, 0.29) is 23.1 Å². The summed E-state index contributed by atoms with van der Waals surface area (Å²) in [6.45, 7) is 1.23. The number of carbonyl (C=O) groups is 1. The number of amides is 1. The van der Waals surface area contributed by atoms with Crippen LogP contribution in [0.1, 0.15) is 6.92 Å². The standard InChI is InChI=1S/C10H12ClN3O4/c1-10(13,9(12)15)5-18-8-3-2-6(14(16)17)4-7(8)11/h2-4H,5,13H2,1H3,(H2,12,15). The molecule has 0 aromatic heterocycles. The summed E-state index contributed by atoms with van der Waals surface area (Å²) in [4.78, 5) is 20.9. The van der Waals surface area contributed by atoms with Crippen LogP contribution in [-0.4, -0.2) is 23.0 Å². The number of carbonyl (C=O) groups excluding carboxylic acids is 1. The second-order valence-corrected chi connectivity index (χ2v) is 4.35. The van der Waals surface area contributed by atoms with Gasteiger partial charge in [-0.2, -0.15) is 0 Å². The van der Waals surface area contributed by atoms with E-state index in [4.69, 9.17) is 27.8 Å². The Morgan fingerprint density at radius 2 is 2.22 bits per heavy atom. The van der Waals surface area contributed by atoms with Crippen molar-refractivity contribution >= 4 is 23.2 Å². The zero-order valence-corrected chi connectivity index (χ0v) is 10.3. The number of benzene rings is 1. The van der Waals surface area contributed by atoms with E-state index in [1.54, 1.807) is 0 Å². The van der Waals surface area contributed by atoms with Crippen molar-refractivity contribution < 1.29 is 14.5 Å². The molecule has 1 amide bonds. The van der Waals surface area contributed by atoms with E-state index in [1.165, 1.54) is 19.1 Å². The molecule has 1 atom stereocenters. The molecule has 0 fully saturated rings. The topological polar surface area (TPSA) is 121 Å². The molecular weight excluding hydrogens is 262 g/mol. The minimum Gasteiger partial charge on any atom is -0.490 e. The van der Waals surface area contributed by atoms with E-state index in [1.807, 2.05) is 0 Å². The second-order valence-electron chi connectivity index (χ2n) is 3.94. The van der Waals surface area contributed by atoms with Gasteiger partial charge in [0.15, 0.2) is 0 Å². The molecule has 1 rings (SSSR count). The zero-order chi connectivity index (χ0) is 13.9. The molecule has 0 heterocycles. The van der Waals surface area contributed by atoms with Crippen LogP contribution in [0.3, 0.4) is 0 Å². The van der Waals surface area contributed by atoms with Gasteiger partial charge in [-0.25, -0.2) is 0 Å². The first-order valence-corrected chi connectivity index (χ1v) is 5.27. The fourth-order valence-electron chi connectivity index (χ4n) is 1.02. The largest absolute Gasteiger partial charge is 0.490 e. The molecule has 0 aliphatic carbocycles. The summed E-state index contributed by atoms with van der Waals surface area (Å²) in [6, 6.07) is 3.71. The lowest BCUT2D eigenvalue weighted by atomic mass is 10.1. The van der Waals surface area contributed by atoms with Gasteiger partial charge in [-0.05, 0) is 13.0 Å². The van der Waals surface area contributed by atoms with Crippen molar-refractivity contribution in [2.45, 2.75) is 12.5 Å². The quantitative estimate of drug-likeness (QED) is 0.608. The molecule has 7 nitrogen and oxygen atoms in total. The number of nitro benzene ring substituents is 1. The smallest absolute Gasteiger partial charge is 0.271 e. The number of hydrogen-bond acceptors (Lipinski definition) is 5. The lowest BCUT2D eigenvalue weighted by Crippen LogP contribution is -2.53. The lowest BCUT2D eigenvalue weighted by Gasteiger charge is -2.20. The van der Waals surface area contributed by atoms with Gasteiger partial charge in [0.1, 0.15) is 17.9 Å². The molecule has 98 valence electrons. The maximum atomic E-state index is 11.0. The van der Waals surface area contributed by atoms with Gasteiger partial charge >= 0.3 is 0 Å². The number of hydrogen-bond donors (Lipinski definition) is 2. The molecule has 4 N–H and O–H groups in total. The average Bonchev–Trinajstić information content (AvgIpc) is 2.26. The van der Waals surface area contributed by atoms with Crippen molar-refractivity contribution in [3.8, 4) is 5.75 Å². The van der Waals surface area contributed by atoms with E-state index >= 15 is 0 Å². The van der Waals surface area contributed by atoms with Crippen LogP contribution in [0.15, 0.2) is 18.2 Å². The van der Waals surface area contributed by atoms with Crippen molar-refractivity contribution in [3.05, 3.63) is 33.3 Å². The summed E-state index contributed by atoms with van der Waals surface area (Å²) in [6.07, 6.45) is 0. The monoisotopic (exact) mass is 273 g/mol. The summed E-state index contributed by atoms with van der Waals surface area (Å²) in [5, 5.41) is 10.6. The zero-order valence-electron chi connectivity index (χ0n) is 9.55. The highest BCUT2D eigenvalue weighted by Gasteiger charge is 2.27. The maximum Gasteiger partial charge on any atom is 0.271 e. The van der Waals surface area contributed by atoms with Crippen LogP contribution >= 0.6 is 11.6 Å². The van der Waals surface area contributed by atoms with Crippen LogP contribution in [-0.2, 0) is 4.79 Å². The Morgan fingerprint density at radius 1 is 1.61 bits per heavy atom. The summed E-state index contributed by atoms with van der Waals surface area (Å²) < 4.78 is 5.22. The van der Waals surface area contributed by atoms with E-state index in [0.29, 0.717) is 0 Å². The van der Waals surface area contributed by atoms with Crippen molar-refractivity contribution in [1.29, 1.82) is 0 Å². The molecule has 1 unspecified atom stereocenters. The normalized spacial score (nSPS) is 13.7. The average molecular weight is 274 g/mol. The second kappa shape index (κ2) is 5.19. The molecule has 0 radical (unpaired) electrons. The summed E-state index contributed by atoms with van der Waals surface area (Å²) >= 11 is 5.80. The molecule has 0 aliphatic rings. The van der Waals surface area contributed by atoms with Crippen molar-refractivity contribution in [2.75, 3.05) is 6.61 Å². The fourth-order valence-corrected chi connectivity index (χ4v) is 1.25. The number of nitrogens with two attached hydrogens (primary N) is 2. The third-order valence-corrected chi connectivity index (χ3v) is 2.51. The minimum absolute atomic E-state index is 0.0597. The van der Waals surface area contributed by atoms with Crippen LogP contribution in [0.2, 0.25) is 5.02 Å². The number of halogens is 1. The van der Waals surface area contributed by atoms with Crippen molar-refractivity contribution in [3.63, 3.8) is 0 Å². The molecule has 1 aromatic rings. The molecule has 0 spiro atoms. The molecule has 0 saturated carbocycles. The molecule has 1 aromatic carbocycles. The van der Waals surface area contributed by atoms with Crippen LogP contribution in [0, 0.1) is 10.1 Å². The van der Waals surface area contributed by atoms with Gasteiger partial charge in [0.25, 0.3) is 5.69 Å². The highest BCUT2D eigenvalue weighted by molar-refractivity contribution is 6.32. The van der Waals surface area contributed by atoms with Crippen molar-refractivity contribution in [2.24, 2.45) is 11.5 Å². The molecular formula is C10H12ClN3O4. The van der Waals surface area contributed by atoms with Crippen LogP contribution in [0.25, 0.3) is 0 Å². The van der Waals surface area contributed by atoms with Crippen LogP contribution in [0.4, 0.5) is 5.69 Å². The molecule has 0 saturated heterocycles. The van der Waals surface area contributed by atoms with E-state index in [2.05, 4.69) is 0 Å². The summed E-state index contributed by atoms with van der Waals surface area (Å²) in [5.74, 6) is -0.527. The number of primary amides is 1. The molecule has 18 heavy (non-hydrogen) atoms. The summed E-state index contributed by atoms with van der Waals surface area (Å²) in [5.41, 5.74) is 9.16. The van der Waals surface area contributed by atoms with Gasteiger partial charge in [-0.15, -0.1) is 0 Å². The van der Waals surface area contributed by atoms with Gasteiger partial charge in [-0.3, -0.25) is 14.9 Å². The first-order valence-electron chi connectivity index (χ1n) is 4.89. The Balaban J connectivity index is 2.81. The third-order valence-electron chi connectivity index (χ3n) is 2.22. The predicted molar refractivity (Wildman–Crippen MR) is 65.4 cm³/mol. The Bertz CT molecular complexity index is 490.